The molecule has 0 aromatic rings. The Morgan fingerprint density at radius 2 is 1.11 bits per heavy atom. The first-order valence-corrected chi connectivity index (χ1v) is 25.0. The number of aliphatic hydroxyl groups is 6. The van der Waals surface area contributed by atoms with Crippen molar-refractivity contribution in [1.29, 1.82) is 0 Å². The molecule has 9 atom stereocenters. The molecule has 1 fully saturated rings. The molecule has 0 bridgehead atoms. The van der Waals surface area contributed by atoms with Gasteiger partial charge in [-0.05, 0) is 70.6 Å². The van der Waals surface area contributed by atoms with Crippen LogP contribution in [-0.4, -0.2) is 110 Å². The summed E-state index contributed by atoms with van der Waals surface area (Å²) in [5.74, 6) is -1.23. The molecular weight excluding hydrogens is 843 g/mol. The number of carbonyl (C=O) groups excluding carboxylic acids is 2. The van der Waals surface area contributed by atoms with Gasteiger partial charge in [0.15, 0.2) is 6.10 Å². The minimum Gasteiger partial charge on any atom is -0.462 e. The molecule has 1 aliphatic carbocycles. The molecule has 14 nitrogen and oxygen atoms in total. The van der Waals surface area contributed by atoms with E-state index < -0.39 is 81.8 Å². The Balaban J connectivity index is 2.54. The van der Waals surface area contributed by atoms with Crippen molar-refractivity contribution in [1.82, 2.24) is 0 Å². The number of phosphoric acid groups is 1. The van der Waals surface area contributed by atoms with Crippen molar-refractivity contribution in [2.45, 2.75) is 198 Å². The summed E-state index contributed by atoms with van der Waals surface area (Å²) in [6.07, 6.45) is 32.6. The maximum absolute atomic E-state index is 12.8. The zero-order chi connectivity index (χ0) is 47.3. The lowest BCUT2D eigenvalue weighted by molar-refractivity contribution is -0.220. The first kappa shape index (κ1) is 59.0. The monoisotopic (exact) mass is 925 g/mol. The molecule has 64 heavy (non-hydrogen) atoms. The van der Waals surface area contributed by atoms with Crippen LogP contribution in [0.3, 0.4) is 0 Å². The van der Waals surface area contributed by atoms with Crippen LogP contribution in [-0.2, 0) is 32.7 Å². The van der Waals surface area contributed by atoms with Gasteiger partial charge in [-0.1, -0.05) is 150 Å². The molecule has 4 unspecified atom stereocenters. The first-order chi connectivity index (χ1) is 30.8. The van der Waals surface area contributed by atoms with E-state index in [-0.39, 0.29) is 12.8 Å². The zero-order valence-corrected chi connectivity index (χ0v) is 39.3. The smallest absolute Gasteiger partial charge is 0.462 e. The highest BCUT2D eigenvalue weighted by Crippen LogP contribution is 2.47. The minimum atomic E-state index is -5.15. The number of allylic oxidation sites excluding steroid dienone is 12. The fourth-order valence-corrected chi connectivity index (χ4v) is 7.48. The second kappa shape index (κ2) is 38.1. The predicted octanol–water partition coefficient (Wildman–Crippen LogP) is 8.25. The molecule has 0 aliphatic heterocycles. The molecule has 0 amide bonds. The summed E-state index contributed by atoms with van der Waals surface area (Å²) in [6.45, 7) is 3.00. The van der Waals surface area contributed by atoms with E-state index in [1.165, 1.54) is 38.5 Å². The van der Waals surface area contributed by atoms with Gasteiger partial charge in [0.05, 0.1) is 12.7 Å². The van der Waals surface area contributed by atoms with Gasteiger partial charge < -0.3 is 45.0 Å². The lowest BCUT2D eigenvalue weighted by Crippen LogP contribution is -2.64. The maximum Gasteiger partial charge on any atom is 0.472 e. The average Bonchev–Trinajstić information content (AvgIpc) is 3.27. The van der Waals surface area contributed by atoms with Crippen molar-refractivity contribution in [3.63, 3.8) is 0 Å². The topological polar surface area (TPSA) is 230 Å². The van der Waals surface area contributed by atoms with Gasteiger partial charge in [-0.3, -0.25) is 18.6 Å². The maximum atomic E-state index is 12.8. The number of esters is 2. The summed E-state index contributed by atoms with van der Waals surface area (Å²) in [7, 11) is -5.15. The van der Waals surface area contributed by atoms with E-state index in [1.807, 2.05) is 54.7 Å². The summed E-state index contributed by atoms with van der Waals surface area (Å²) < 4.78 is 33.4. The minimum absolute atomic E-state index is 0.0490. The van der Waals surface area contributed by atoms with Gasteiger partial charge in [-0.2, -0.15) is 0 Å². The van der Waals surface area contributed by atoms with Crippen molar-refractivity contribution in [2.75, 3.05) is 13.2 Å². The lowest BCUT2D eigenvalue weighted by atomic mass is 9.85. The van der Waals surface area contributed by atoms with Crippen molar-refractivity contribution in [3.05, 3.63) is 85.1 Å². The molecule has 1 saturated carbocycles. The van der Waals surface area contributed by atoms with E-state index in [0.29, 0.717) is 25.7 Å². The van der Waals surface area contributed by atoms with E-state index >= 15 is 0 Å². The number of phosphoric ester groups is 1. The van der Waals surface area contributed by atoms with Crippen molar-refractivity contribution < 1.29 is 68.2 Å². The van der Waals surface area contributed by atoms with Crippen LogP contribution in [0.5, 0.6) is 0 Å². The molecule has 0 aromatic carbocycles. The number of carbonyl (C=O) groups is 2. The molecule has 0 radical (unpaired) electrons. The number of hydrogen-bond acceptors (Lipinski definition) is 13. The molecule has 1 aliphatic rings. The second-order valence-corrected chi connectivity index (χ2v) is 17.5. The Morgan fingerprint density at radius 1 is 0.578 bits per heavy atom. The third-order valence-corrected chi connectivity index (χ3v) is 11.3. The zero-order valence-electron chi connectivity index (χ0n) is 38.4. The predicted molar refractivity (Wildman–Crippen MR) is 250 cm³/mol. The fraction of sp³-hybridized carbons (Fsp3) is 0.673. The summed E-state index contributed by atoms with van der Waals surface area (Å²) in [4.78, 5) is 35.7. The van der Waals surface area contributed by atoms with Crippen molar-refractivity contribution in [2.24, 2.45) is 0 Å². The van der Waals surface area contributed by atoms with Gasteiger partial charge in [0, 0.05) is 12.8 Å². The van der Waals surface area contributed by atoms with Gasteiger partial charge in [-0.25, -0.2) is 4.57 Å². The Kier molecular flexibility index (Phi) is 35.2. The largest absolute Gasteiger partial charge is 0.472 e. The van der Waals surface area contributed by atoms with Gasteiger partial charge in [0.2, 0.25) is 0 Å². The Hall–Kier alpha value is -3.01. The van der Waals surface area contributed by atoms with E-state index in [4.69, 9.17) is 18.5 Å². The Labute approximate surface area is 382 Å². The molecule has 366 valence electrons. The first-order valence-electron chi connectivity index (χ1n) is 23.5. The van der Waals surface area contributed by atoms with Crippen LogP contribution in [0.4, 0.5) is 0 Å². The highest BCUT2D eigenvalue weighted by Gasteiger charge is 2.51. The number of aliphatic hydroxyl groups excluding tert-OH is 6. The highest BCUT2D eigenvalue weighted by molar-refractivity contribution is 7.47. The van der Waals surface area contributed by atoms with Crippen molar-refractivity contribution in [3.8, 4) is 0 Å². The number of ether oxygens (including phenoxy) is 2. The molecule has 15 heteroatoms. The molecule has 1 rings (SSSR count). The van der Waals surface area contributed by atoms with Crippen molar-refractivity contribution >= 4 is 19.8 Å². The van der Waals surface area contributed by atoms with E-state index in [1.54, 1.807) is 6.08 Å². The summed E-state index contributed by atoms with van der Waals surface area (Å²) >= 11 is 0. The average molecular weight is 925 g/mol. The van der Waals surface area contributed by atoms with Gasteiger partial charge in [-0.15, -0.1) is 0 Å². The van der Waals surface area contributed by atoms with E-state index in [0.717, 1.165) is 57.8 Å². The second-order valence-electron chi connectivity index (χ2n) is 16.1. The van der Waals surface area contributed by atoms with Crippen LogP contribution < -0.4 is 0 Å². The molecular formula is C49H81O14P. The third kappa shape index (κ3) is 30.2. The summed E-state index contributed by atoms with van der Waals surface area (Å²) in [5, 5.41) is 60.0. The molecule has 0 spiro atoms. The van der Waals surface area contributed by atoms with Crippen LogP contribution in [0.1, 0.15) is 149 Å². The summed E-state index contributed by atoms with van der Waals surface area (Å²) in [6, 6.07) is 0. The number of hydrogen-bond donors (Lipinski definition) is 7. The molecule has 0 heterocycles. The Morgan fingerprint density at radius 3 is 1.72 bits per heavy atom. The van der Waals surface area contributed by atoms with E-state index in [9.17, 15) is 49.7 Å². The Bertz CT molecular complexity index is 1460. The lowest BCUT2D eigenvalue weighted by Gasteiger charge is -2.41. The fourth-order valence-electron chi connectivity index (χ4n) is 6.51. The van der Waals surface area contributed by atoms with Gasteiger partial charge in [0.25, 0.3) is 0 Å². The summed E-state index contributed by atoms with van der Waals surface area (Å²) in [5.41, 5.74) is 0. The highest BCUT2D eigenvalue weighted by atomic mass is 31.2. The molecule has 0 aromatic heterocycles. The van der Waals surface area contributed by atoms with Crippen LogP contribution in [0.25, 0.3) is 0 Å². The van der Waals surface area contributed by atoms with Gasteiger partial charge in [0.1, 0.15) is 43.2 Å². The van der Waals surface area contributed by atoms with Crippen LogP contribution in [0, 0.1) is 0 Å². The van der Waals surface area contributed by atoms with Crippen LogP contribution in [0.15, 0.2) is 85.1 Å². The SMILES string of the molecule is CC/C=C\CC(O)/C=C/C=C/C/C=C\C/C=C\C/C=C\CCC(=O)O[C@H](COC(=O)CCCCCCCCC/C=C\CCCCCC)COP(=O)(O)OC1[C@H](O)[C@H](O)C(O)[C@H](O)[C@H]1O. The third-order valence-electron chi connectivity index (χ3n) is 10.3. The number of unbranched alkanes of at least 4 members (excludes halogenated alkanes) is 11. The van der Waals surface area contributed by atoms with Crippen LogP contribution in [0.2, 0.25) is 0 Å². The van der Waals surface area contributed by atoms with Gasteiger partial charge >= 0.3 is 19.8 Å². The number of rotatable bonds is 37. The van der Waals surface area contributed by atoms with Crippen LogP contribution >= 0.6 is 7.82 Å². The normalized spacial score (nSPS) is 22.8. The standard InChI is InChI=1S/C49H81O14P/c1-3-5-7-8-9-10-11-12-13-16-19-22-25-28-32-36-42(51)60-38-41(39-61-64(58,59)63-49-47(56)45(54)44(53)46(55)48(49)57)62-43(52)37-33-29-26-23-20-17-14-15-18-21-24-27-31-35-40(50)34-30-6-4-2/h6,10-11,15,17-18,20,24,26-27,29-31,35,40-41,44-50,53-57H,3-5,7-9,12-14,16,19,21-23,25,28,32-34,36-39H2,1-2H3,(H,58,59)/b11-10-,18-15-,20-17-,27-24+,29-26-,30-6-,35-31+/t40?,41-,44?,45-,46+,47-,48-,49?/m1/s1. The molecule has 0 saturated heterocycles. The quantitative estimate of drug-likeness (QED) is 0.0102. The van der Waals surface area contributed by atoms with E-state index in [2.05, 4.69) is 38.2 Å². The molecule has 7 N–H and O–H groups in total.